The van der Waals surface area contributed by atoms with E-state index >= 15 is 0 Å². The summed E-state index contributed by atoms with van der Waals surface area (Å²) in [6.07, 6.45) is 3.48. The highest BCUT2D eigenvalue weighted by Gasteiger charge is 2.23. The Kier molecular flexibility index (Phi) is 5.28. The third kappa shape index (κ3) is 3.67. The molecular formula is C23H27N5O2. The molecule has 0 bridgehead atoms. The molecule has 1 amide bonds. The van der Waals surface area contributed by atoms with Gasteiger partial charge in [-0.1, -0.05) is 12.1 Å². The standard InChI is InChI=1S/C23H27N5O2/c1-14-8-7-11-19(17(14)4)24-21(29)13-27-22(30)18-9-5-6-10-20(18)25-23(27)28-16(3)12-15(2)26-28/h7-8,11-12H,5-6,9-10,13H2,1-4H3,(H,24,29). The highest BCUT2D eigenvalue weighted by atomic mass is 16.2. The van der Waals surface area contributed by atoms with E-state index in [1.165, 1.54) is 4.57 Å². The second-order valence-electron chi connectivity index (χ2n) is 8.07. The van der Waals surface area contributed by atoms with Crippen molar-refractivity contribution in [2.45, 2.75) is 59.9 Å². The fourth-order valence-corrected chi connectivity index (χ4v) is 4.03. The van der Waals surface area contributed by atoms with Gasteiger partial charge < -0.3 is 5.32 Å². The third-order valence-electron chi connectivity index (χ3n) is 5.80. The zero-order chi connectivity index (χ0) is 21.4. The van der Waals surface area contributed by atoms with Gasteiger partial charge in [-0.05, 0) is 76.6 Å². The predicted molar refractivity (Wildman–Crippen MR) is 116 cm³/mol. The average Bonchev–Trinajstić information content (AvgIpc) is 3.05. The summed E-state index contributed by atoms with van der Waals surface area (Å²) in [5.41, 5.74) is 6.00. The molecule has 1 aliphatic carbocycles. The van der Waals surface area contributed by atoms with Crippen LogP contribution in [0.2, 0.25) is 0 Å². The number of carbonyl (C=O) groups excluding carboxylic acids is 1. The van der Waals surface area contributed by atoms with Crippen molar-refractivity contribution in [1.29, 1.82) is 0 Å². The SMILES string of the molecule is Cc1cc(C)n(-c2nc3c(c(=O)n2CC(=O)Nc2cccc(C)c2C)CCCC3)n1. The van der Waals surface area contributed by atoms with E-state index in [1.807, 2.05) is 52.0 Å². The van der Waals surface area contributed by atoms with E-state index in [2.05, 4.69) is 10.4 Å². The summed E-state index contributed by atoms with van der Waals surface area (Å²) >= 11 is 0. The molecule has 30 heavy (non-hydrogen) atoms. The van der Waals surface area contributed by atoms with E-state index in [0.717, 1.165) is 58.7 Å². The Bertz CT molecular complexity index is 1190. The summed E-state index contributed by atoms with van der Waals surface area (Å²) in [5.74, 6) is 0.147. The summed E-state index contributed by atoms with van der Waals surface area (Å²) in [6, 6.07) is 7.72. The van der Waals surface area contributed by atoms with Crippen LogP contribution in [0.5, 0.6) is 0 Å². The molecule has 0 saturated heterocycles. The van der Waals surface area contributed by atoms with Crippen molar-refractivity contribution in [3.8, 4) is 5.95 Å². The van der Waals surface area contributed by atoms with Crippen molar-refractivity contribution >= 4 is 11.6 Å². The van der Waals surface area contributed by atoms with E-state index in [9.17, 15) is 9.59 Å². The maximum Gasteiger partial charge on any atom is 0.258 e. The largest absolute Gasteiger partial charge is 0.324 e. The molecule has 7 heteroatoms. The van der Waals surface area contributed by atoms with Crippen molar-refractivity contribution < 1.29 is 4.79 Å². The first-order valence-electron chi connectivity index (χ1n) is 10.4. The van der Waals surface area contributed by atoms with E-state index in [4.69, 9.17) is 4.98 Å². The van der Waals surface area contributed by atoms with Crippen LogP contribution in [-0.4, -0.2) is 25.2 Å². The molecule has 0 atom stereocenters. The Hall–Kier alpha value is -3.22. The molecule has 0 aliphatic heterocycles. The minimum absolute atomic E-state index is 0.111. The zero-order valence-electron chi connectivity index (χ0n) is 18.0. The van der Waals surface area contributed by atoms with Crippen LogP contribution in [0.3, 0.4) is 0 Å². The average molecular weight is 406 g/mol. The Morgan fingerprint density at radius 3 is 2.63 bits per heavy atom. The number of aromatic nitrogens is 4. The van der Waals surface area contributed by atoms with Gasteiger partial charge in [0, 0.05) is 16.9 Å². The molecule has 0 spiro atoms. The minimum atomic E-state index is -0.258. The van der Waals surface area contributed by atoms with Gasteiger partial charge in [-0.15, -0.1) is 0 Å². The van der Waals surface area contributed by atoms with Gasteiger partial charge in [-0.2, -0.15) is 5.10 Å². The quantitative estimate of drug-likeness (QED) is 0.723. The van der Waals surface area contributed by atoms with Gasteiger partial charge in [0.1, 0.15) is 6.54 Å². The Morgan fingerprint density at radius 1 is 1.13 bits per heavy atom. The lowest BCUT2D eigenvalue weighted by atomic mass is 9.97. The number of amides is 1. The van der Waals surface area contributed by atoms with E-state index in [-0.39, 0.29) is 18.0 Å². The number of nitrogens with one attached hydrogen (secondary N) is 1. The van der Waals surface area contributed by atoms with Crippen molar-refractivity contribution in [3.05, 3.63) is 68.4 Å². The van der Waals surface area contributed by atoms with Crippen LogP contribution < -0.4 is 10.9 Å². The number of fused-ring (bicyclic) bond motifs is 1. The van der Waals surface area contributed by atoms with Crippen LogP contribution in [0.25, 0.3) is 5.95 Å². The zero-order valence-corrected chi connectivity index (χ0v) is 18.0. The smallest absolute Gasteiger partial charge is 0.258 e. The topological polar surface area (TPSA) is 81.8 Å². The minimum Gasteiger partial charge on any atom is -0.324 e. The van der Waals surface area contributed by atoms with Gasteiger partial charge in [0.05, 0.1) is 11.4 Å². The molecule has 1 N–H and O–H groups in total. The first kappa shape index (κ1) is 20.1. The molecule has 2 aromatic heterocycles. The number of rotatable bonds is 4. The van der Waals surface area contributed by atoms with Gasteiger partial charge in [0.2, 0.25) is 11.9 Å². The monoisotopic (exact) mass is 405 g/mol. The normalized spacial score (nSPS) is 13.2. The van der Waals surface area contributed by atoms with Gasteiger partial charge in [-0.25, -0.2) is 9.67 Å². The lowest BCUT2D eigenvalue weighted by Crippen LogP contribution is -2.36. The molecule has 0 unspecified atom stereocenters. The second-order valence-corrected chi connectivity index (χ2v) is 8.07. The van der Waals surface area contributed by atoms with Crippen LogP contribution in [-0.2, 0) is 24.2 Å². The maximum absolute atomic E-state index is 13.3. The molecule has 1 aromatic carbocycles. The van der Waals surface area contributed by atoms with Gasteiger partial charge in [0.15, 0.2) is 0 Å². The maximum atomic E-state index is 13.3. The summed E-state index contributed by atoms with van der Waals surface area (Å²) in [4.78, 5) is 31.0. The highest BCUT2D eigenvalue weighted by Crippen LogP contribution is 2.20. The van der Waals surface area contributed by atoms with Crippen LogP contribution in [0, 0.1) is 27.7 Å². The molecule has 1 aliphatic rings. The number of benzene rings is 1. The fraction of sp³-hybridized carbons (Fsp3) is 0.391. The van der Waals surface area contributed by atoms with E-state index < -0.39 is 0 Å². The molecule has 0 radical (unpaired) electrons. The molecule has 0 saturated carbocycles. The van der Waals surface area contributed by atoms with Gasteiger partial charge >= 0.3 is 0 Å². The van der Waals surface area contributed by atoms with E-state index in [0.29, 0.717) is 12.4 Å². The number of aryl methyl sites for hydroxylation is 4. The second kappa shape index (κ2) is 7.89. The van der Waals surface area contributed by atoms with Crippen LogP contribution in [0.4, 0.5) is 5.69 Å². The van der Waals surface area contributed by atoms with Crippen molar-refractivity contribution in [2.75, 3.05) is 5.32 Å². The predicted octanol–water partition coefficient (Wildman–Crippen LogP) is 3.18. The lowest BCUT2D eigenvalue weighted by Gasteiger charge is -2.20. The van der Waals surface area contributed by atoms with E-state index in [1.54, 1.807) is 4.68 Å². The van der Waals surface area contributed by atoms with Crippen LogP contribution in [0.1, 0.15) is 46.6 Å². The highest BCUT2D eigenvalue weighted by molar-refractivity contribution is 5.91. The Balaban J connectivity index is 1.76. The molecule has 4 rings (SSSR count). The first-order chi connectivity index (χ1) is 14.3. The molecule has 0 fully saturated rings. The Morgan fingerprint density at radius 2 is 1.90 bits per heavy atom. The molecule has 7 nitrogen and oxygen atoms in total. The number of hydrogen-bond acceptors (Lipinski definition) is 4. The van der Waals surface area contributed by atoms with Crippen molar-refractivity contribution in [1.82, 2.24) is 19.3 Å². The van der Waals surface area contributed by atoms with Crippen molar-refractivity contribution in [3.63, 3.8) is 0 Å². The number of hydrogen-bond donors (Lipinski definition) is 1. The number of carbonyl (C=O) groups is 1. The number of anilines is 1. The summed E-state index contributed by atoms with van der Waals surface area (Å²) in [7, 11) is 0. The van der Waals surface area contributed by atoms with Crippen LogP contribution >= 0.6 is 0 Å². The third-order valence-corrected chi connectivity index (χ3v) is 5.80. The summed E-state index contributed by atoms with van der Waals surface area (Å²) in [6.45, 7) is 7.69. The molecule has 3 aromatic rings. The van der Waals surface area contributed by atoms with Crippen molar-refractivity contribution in [2.24, 2.45) is 0 Å². The van der Waals surface area contributed by atoms with Gasteiger partial charge in [0.25, 0.3) is 5.56 Å². The van der Waals surface area contributed by atoms with Gasteiger partial charge in [-0.3, -0.25) is 14.2 Å². The first-order valence-corrected chi connectivity index (χ1v) is 10.4. The number of nitrogens with zero attached hydrogens (tertiary/aromatic N) is 4. The molecule has 2 heterocycles. The molecule has 156 valence electrons. The molecular weight excluding hydrogens is 378 g/mol. The lowest BCUT2D eigenvalue weighted by molar-refractivity contribution is -0.116. The fourth-order valence-electron chi connectivity index (χ4n) is 4.03. The summed E-state index contributed by atoms with van der Waals surface area (Å²) in [5, 5.41) is 7.46. The Labute approximate surface area is 175 Å². The summed E-state index contributed by atoms with van der Waals surface area (Å²) < 4.78 is 3.13. The van der Waals surface area contributed by atoms with Crippen LogP contribution in [0.15, 0.2) is 29.1 Å².